The number of piperidine rings is 1. The minimum atomic E-state index is -3.74. The van der Waals surface area contributed by atoms with E-state index in [4.69, 9.17) is 0 Å². The fraction of sp³-hybridized carbons (Fsp3) is 0.364. The molecule has 0 spiro atoms. The Bertz CT molecular complexity index is 967. The Balaban J connectivity index is 1.69. The summed E-state index contributed by atoms with van der Waals surface area (Å²) < 4.78 is 25.5. The molecule has 0 aliphatic carbocycles. The standard InChI is InChI=1S/C22H26N2O4S/c1-17(21(25)23-20-11-4-2-5-12-20)29(27,28)16-18-9-8-10-19(15-18)22(26)24-13-6-3-7-14-24/h2,4-5,8-12,15,17H,3,6-7,13-14,16H2,1H3,(H,23,25). The van der Waals surface area contributed by atoms with E-state index in [1.807, 2.05) is 11.0 Å². The van der Waals surface area contributed by atoms with Crippen molar-refractivity contribution >= 4 is 27.3 Å². The normalized spacial score (nSPS) is 15.6. The molecular weight excluding hydrogens is 388 g/mol. The number of nitrogens with zero attached hydrogens (tertiary/aromatic N) is 1. The lowest BCUT2D eigenvalue weighted by Crippen LogP contribution is -2.35. The predicted molar refractivity (Wildman–Crippen MR) is 113 cm³/mol. The van der Waals surface area contributed by atoms with Crippen molar-refractivity contribution in [2.75, 3.05) is 18.4 Å². The number of carbonyl (C=O) groups excluding carboxylic acids is 2. The van der Waals surface area contributed by atoms with E-state index in [-0.39, 0.29) is 11.7 Å². The van der Waals surface area contributed by atoms with E-state index in [1.165, 1.54) is 6.92 Å². The number of amides is 2. The Labute approximate surface area is 171 Å². The minimum absolute atomic E-state index is 0.0705. The van der Waals surface area contributed by atoms with Crippen LogP contribution < -0.4 is 5.32 Å². The highest BCUT2D eigenvalue weighted by Crippen LogP contribution is 2.18. The molecule has 29 heavy (non-hydrogen) atoms. The highest BCUT2D eigenvalue weighted by atomic mass is 32.2. The summed E-state index contributed by atoms with van der Waals surface area (Å²) in [7, 11) is -3.74. The van der Waals surface area contributed by atoms with Gasteiger partial charge in [0.1, 0.15) is 5.25 Å². The number of hydrogen-bond donors (Lipinski definition) is 1. The fourth-order valence-corrected chi connectivity index (χ4v) is 4.64. The maximum Gasteiger partial charge on any atom is 0.253 e. The lowest BCUT2D eigenvalue weighted by Gasteiger charge is -2.26. The molecule has 1 atom stereocenters. The molecule has 0 saturated carbocycles. The molecule has 2 aromatic rings. The van der Waals surface area contributed by atoms with Crippen LogP contribution in [0.4, 0.5) is 5.69 Å². The fourth-order valence-electron chi connectivity index (χ4n) is 3.36. The minimum Gasteiger partial charge on any atom is -0.339 e. The molecule has 1 aliphatic rings. The summed E-state index contributed by atoms with van der Waals surface area (Å²) >= 11 is 0. The van der Waals surface area contributed by atoms with Gasteiger partial charge in [-0.05, 0) is 56.0 Å². The van der Waals surface area contributed by atoms with Crippen molar-refractivity contribution < 1.29 is 18.0 Å². The molecule has 0 aromatic heterocycles. The van der Waals surface area contributed by atoms with Gasteiger partial charge in [0.25, 0.3) is 5.91 Å². The van der Waals surface area contributed by atoms with E-state index >= 15 is 0 Å². The number of benzene rings is 2. The largest absolute Gasteiger partial charge is 0.339 e. The number of rotatable bonds is 6. The van der Waals surface area contributed by atoms with Crippen molar-refractivity contribution in [2.24, 2.45) is 0 Å². The average Bonchev–Trinajstić information content (AvgIpc) is 2.74. The third kappa shape index (κ3) is 5.44. The van der Waals surface area contributed by atoms with Crippen molar-refractivity contribution in [3.05, 3.63) is 65.7 Å². The average molecular weight is 415 g/mol. The van der Waals surface area contributed by atoms with Gasteiger partial charge in [0.15, 0.2) is 9.84 Å². The van der Waals surface area contributed by atoms with Crippen LogP contribution in [0.5, 0.6) is 0 Å². The quantitative estimate of drug-likeness (QED) is 0.786. The van der Waals surface area contributed by atoms with Gasteiger partial charge in [-0.15, -0.1) is 0 Å². The summed E-state index contributed by atoms with van der Waals surface area (Å²) in [6.07, 6.45) is 3.12. The Morgan fingerprint density at radius 2 is 1.69 bits per heavy atom. The predicted octanol–water partition coefficient (Wildman–Crippen LogP) is 3.25. The number of nitrogens with one attached hydrogen (secondary N) is 1. The maximum atomic E-state index is 12.8. The summed E-state index contributed by atoms with van der Waals surface area (Å²) in [6, 6.07) is 15.4. The van der Waals surface area contributed by atoms with Crippen LogP contribution in [0.25, 0.3) is 0 Å². The molecule has 1 fully saturated rings. The summed E-state index contributed by atoms with van der Waals surface area (Å²) in [5, 5.41) is 1.42. The molecule has 2 amide bonds. The molecule has 1 N–H and O–H groups in total. The Hall–Kier alpha value is -2.67. The smallest absolute Gasteiger partial charge is 0.253 e. The van der Waals surface area contributed by atoms with Crippen LogP contribution in [-0.4, -0.2) is 43.5 Å². The van der Waals surface area contributed by atoms with E-state index in [9.17, 15) is 18.0 Å². The monoisotopic (exact) mass is 414 g/mol. The van der Waals surface area contributed by atoms with Crippen molar-refractivity contribution in [1.82, 2.24) is 4.90 Å². The van der Waals surface area contributed by atoms with Crippen molar-refractivity contribution in [3.8, 4) is 0 Å². The first-order valence-electron chi connectivity index (χ1n) is 9.82. The van der Waals surface area contributed by atoms with E-state index in [0.717, 1.165) is 32.4 Å². The Morgan fingerprint density at radius 3 is 2.38 bits per heavy atom. The third-order valence-corrected chi connectivity index (χ3v) is 7.16. The first-order chi connectivity index (χ1) is 13.9. The van der Waals surface area contributed by atoms with Gasteiger partial charge in [-0.3, -0.25) is 9.59 Å². The molecular formula is C22H26N2O4S. The van der Waals surface area contributed by atoms with E-state index in [0.29, 0.717) is 16.8 Å². The van der Waals surface area contributed by atoms with Gasteiger partial charge in [-0.25, -0.2) is 8.42 Å². The van der Waals surface area contributed by atoms with Gasteiger partial charge in [0, 0.05) is 24.3 Å². The number of anilines is 1. The number of sulfone groups is 1. The van der Waals surface area contributed by atoms with Crippen LogP contribution >= 0.6 is 0 Å². The van der Waals surface area contributed by atoms with Crippen LogP contribution in [0, 0.1) is 0 Å². The van der Waals surface area contributed by atoms with Gasteiger partial charge >= 0.3 is 0 Å². The summed E-state index contributed by atoms with van der Waals surface area (Å²) in [6.45, 7) is 2.85. The van der Waals surface area contributed by atoms with Crippen molar-refractivity contribution in [3.63, 3.8) is 0 Å². The molecule has 1 saturated heterocycles. The first-order valence-corrected chi connectivity index (χ1v) is 11.5. The van der Waals surface area contributed by atoms with Crippen LogP contribution in [0.2, 0.25) is 0 Å². The molecule has 0 radical (unpaired) electrons. The topological polar surface area (TPSA) is 83.5 Å². The van der Waals surface area contributed by atoms with Gasteiger partial charge < -0.3 is 10.2 Å². The second-order valence-corrected chi connectivity index (χ2v) is 9.68. The molecule has 0 bridgehead atoms. The van der Waals surface area contributed by atoms with E-state index in [1.54, 1.807) is 48.5 Å². The van der Waals surface area contributed by atoms with Crippen molar-refractivity contribution in [1.29, 1.82) is 0 Å². The number of likely N-dealkylation sites (tertiary alicyclic amines) is 1. The highest BCUT2D eigenvalue weighted by molar-refractivity contribution is 7.92. The Morgan fingerprint density at radius 1 is 1.00 bits per heavy atom. The second-order valence-electron chi connectivity index (χ2n) is 7.36. The third-order valence-electron chi connectivity index (χ3n) is 5.13. The number of carbonyl (C=O) groups is 2. The maximum absolute atomic E-state index is 12.8. The van der Waals surface area contributed by atoms with Gasteiger partial charge in [-0.1, -0.05) is 30.3 Å². The summed E-state index contributed by atoms with van der Waals surface area (Å²) in [5.41, 5.74) is 1.54. The first kappa shape index (κ1) is 21.0. The van der Waals surface area contributed by atoms with E-state index < -0.39 is 21.0 Å². The SMILES string of the molecule is CC(C(=O)Nc1ccccc1)S(=O)(=O)Cc1cccc(C(=O)N2CCCCC2)c1. The molecule has 1 heterocycles. The van der Waals surface area contributed by atoms with Crippen LogP contribution in [0.15, 0.2) is 54.6 Å². The molecule has 154 valence electrons. The van der Waals surface area contributed by atoms with Crippen LogP contribution in [0.3, 0.4) is 0 Å². The summed E-state index contributed by atoms with van der Waals surface area (Å²) in [4.78, 5) is 26.9. The number of hydrogen-bond acceptors (Lipinski definition) is 4. The van der Waals surface area contributed by atoms with Gasteiger partial charge in [0.05, 0.1) is 5.75 Å². The number of para-hydroxylation sites is 1. The van der Waals surface area contributed by atoms with Crippen LogP contribution in [-0.2, 0) is 20.4 Å². The molecule has 1 unspecified atom stereocenters. The molecule has 7 heteroatoms. The zero-order chi connectivity index (χ0) is 20.9. The lowest BCUT2D eigenvalue weighted by molar-refractivity contribution is -0.115. The molecule has 6 nitrogen and oxygen atoms in total. The van der Waals surface area contributed by atoms with E-state index in [2.05, 4.69) is 5.32 Å². The molecule has 1 aliphatic heterocycles. The lowest BCUT2D eigenvalue weighted by atomic mass is 10.1. The Kier molecular flexibility index (Phi) is 6.69. The highest BCUT2D eigenvalue weighted by Gasteiger charge is 2.28. The van der Waals surface area contributed by atoms with Crippen LogP contribution in [0.1, 0.15) is 42.1 Å². The zero-order valence-corrected chi connectivity index (χ0v) is 17.3. The molecule has 3 rings (SSSR count). The van der Waals surface area contributed by atoms with Gasteiger partial charge in [-0.2, -0.15) is 0 Å². The molecule has 2 aromatic carbocycles. The zero-order valence-electron chi connectivity index (χ0n) is 16.5. The second kappa shape index (κ2) is 9.22. The van der Waals surface area contributed by atoms with Gasteiger partial charge in [0.2, 0.25) is 5.91 Å². The van der Waals surface area contributed by atoms with Crippen molar-refractivity contribution in [2.45, 2.75) is 37.2 Å². The summed E-state index contributed by atoms with van der Waals surface area (Å²) in [5.74, 6) is -0.937.